The van der Waals surface area contributed by atoms with E-state index in [1.54, 1.807) is 26.4 Å². The number of piperidine rings is 1. The number of rotatable bonds is 9. The Bertz CT molecular complexity index is 664. The number of amides is 1. The Hall–Kier alpha value is -1.99. The number of halogens is 1. The van der Waals surface area contributed by atoms with Crippen LogP contribution in [0.2, 0.25) is 0 Å². The topological polar surface area (TPSA) is 85.9 Å². The van der Waals surface area contributed by atoms with E-state index >= 15 is 0 Å². The van der Waals surface area contributed by atoms with Gasteiger partial charge in [0.2, 0.25) is 5.91 Å². The molecule has 0 radical (unpaired) electrons. The lowest BCUT2D eigenvalue weighted by Crippen LogP contribution is -2.35. The lowest BCUT2D eigenvalue weighted by molar-refractivity contribution is -0.141. The third-order valence-corrected chi connectivity index (χ3v) is 5.44. The predicted octanol–water partition coefficient (Wildman–Crippen LogP) is 2.87. The van der Waals surface area contributed by atoms with Gasteiger partial charge in [-0.25, -0.2) is 0 Å². The maximum absolute atomic E-state index is 12.7. The molecule has 2 atom stereocenters. The summed E-state index contributed by atoms with van der Waals surface area (Å²) in [6, 6.07) is 4.89. The number of carbonyl (C=O) groups is 2. The molecule has 0 bridgehead atoms. The van der Waals surface area contributed by atoms with Crippen LogP contribution in [0.15, 0.2) is 18.2 Å². The van der Waals surface area contributed by atoms with Crippen molar-refractivity contribution in [2.45, 2.75) is 38.6 Å². The summed E-state index contributed by atoms with van der Waals surface area (Å²) in [5, 5.41) is 6.36. The van der Waals surface area contributed by atoms with Crippen molar-refractivity contribution in [3.8, 4) is 11.5 Å². The fourth-order valence-corrected chi connectivity index (χ4v) is 3.70. The molecule has 7 nitrogen and oxygen atoms in total. The highest BCUT2D eigenvalue weighted by molar-refractivity contribution is 5.85. The zero-order valence-electron chi connectivity index (χ0n) is 17.7. The van der Waals surface area contributed by atoms with Crippen molar-refractivity contribution in [1.82, 2.24) is 10.6 Å². The fraction of sp³-hybridized carbons (Fsp3) is 0.619. The highest BCUT2D eigenvalue weighted by Crippen LogP contribution is 2.31. The van der Waals surface area contributed by atoms with Crippen LogP contribution in [0.1, 0.15) is 44.2 Å². The Labute approximate surface area is 179 Å². The highest BCUT2D eigenvalue weighted by Gasteiger charge is 2.25. The van der Waals surface area contributed by atoms with E-state index in [1.807, 2.05) is 6.07 Å². The standard InChI is InChI=1S/C21H32N2O5.ClH/c1-14(15-7-9-22-10-8-15)11-20(24)23-17(13-21(25)28-4)16-5-6-18(26-2)19(12-16)27-3;/h5-6,12,14-15,17,22H,7-11,13H2,1-4H3,(H,23,24);1H. The molecule has 1 aliphatic rings. The Morgan fingerprint density at radius 3 is 2.34 bits per heavy atom. The molecule has 1 aliphatic heterocycles. The number of methoxy groups -OCH3 is 3. The van der Waals surface area contributed by atoms with Gasteiger partial charge < -0.3 is 24.8 Å². The van der Waals surface area contributed by atoms with Crippen LogP contribution in [-0.4, -0.2) is 46.3 Å². The second kappa shape index (κ2) is 12.5. The monoisotopic (exact) mass is 428 g/mol. The molecular formula is C21H33ClN2O5. The van der Waals surface area contributed by atoms with Crippen LogP contribution in [0, 0.1) is 11.8 Å². The number of hydrogen-bond acceptors (Lipinski definition) is 6. The molecule has 2 N–H and O–H groups in total. The zero-order valence-corrected chi connectivity index (χ0v) is 18.5. The van der Waals surface area contributed by atoms with E-state index in [2.05, 4.69) is 17.6 Å². The molecule has 2 unspecified atom stereocenters. The minimum Gasteiger partial charge on any atom is -0.493 e. The summed E-state index contributed by atoms with van der Waals surface area (Å²) in [4.78, 5) is 24.6. The number of ether oxygens (including phenoxy) is 3. The first kappa shape index (κ1) is 25.0. The van der Waals surface area contributed by atoms with E-state index in [1.165, 1.54) is 7.11 Å². The molecule has 1 aromatic rings. The molecule has 2 rings (SSSR count). The van der Waals surface area contributed by atoms with Gasteiger partial charge in [-0.05, 0) is 55.5 Å². The predicted molar refractivity (Wildman–Crippen MR) is 114 cm³/mol. The largest absolute Gasteiger partial charge is 0.493 e. The summed E-state index contributed by atoms with van der Waals surface area (Å²) in [6.45, 7) is 4.14. The van der Waals surface area contributed by atoms with Crippen molar-refractivity contribution in [1.29, 1.82) is 0 Å². The first-order chi connectivity index (χ1) is 13.5. The van der Waals surface area contributed by atoms with Gasteiger partial charge in [0.15, 0.2) is 11.5 Å². The second-order valence-corrected chi connectivity index (χ2v) is 7.28. The maximum Gasteiger partial charge on any atom is 0.307 e. The number of esters is 1. The van der Waals surface area contributed by atoms with Crippen molar-refractivity contribution in [2.75, 3.05) is 34.4 Å². The van der Waals surface area contributed by atoms with Gasteiger partial charge >= 0.3 is 5.97 Å². The van der Waals surface area contributed by atoms with E-state index in [0.29, 0.717) is 29.8 Å². The van der Waals surface area contributed by atoms with Crippen molar-refractivity contribution in [3.05, 3.63) is 23.8 Å². The minimum atomic E-state index is -0.486. The summed E-state index contributed by atoms with van der Waals surface area (Å²) in [5.74, 6) is 1.54. The van der Waals surface area contributed by atoms with Gasteiger partial charge in [0.25, 0.3) is 0 Å². The third kappa shape index (κ3) is 7.40. The van der Waals surface area contributed by atoms with Gasteiger partial charge in [-0.3, -0.25) is 9.59 Å². The molecule has 1 heterocycles. The van der Waals surface area contributed by atoms with E-state index in [-0.39, 0.29) is 30.7 Å². The van der Waals surface area contributed by atoms with Gasteiger partial charge in [-0.1, -0.05) is 13.0 Å². The molecular weight excluding hydrogens is 396 g/mol. The Balaban J connectivity index is 0.00000420. The van der Waals surface area contributed by atoms with Crippen LogP contribution in [0.3, 0.4) is 0 Å². The lowest BCUT2D eigenvalue weighted by atomic mass is 9.84. The van der Waals surface area contributed by atoms with Crippen LogP contribution in [0.5, 0.6) is 11.5 Å². The number of hydrogen-bond donors (Lipinski definition) is 2. The van der Waals surface area contributed by atoms with E-state index in [0.717, 1.165) is 31.5 Å². The number of nitrogens with one attached hydrogen (secondary N) is 2. The molecule has 164 valence electrons. The van der Waals surface area contributed by atoms with Gasteiger partial charge in [-0.2, -0.15) is 0 Å². The van der Waals surface area contributed by atoms with E-state index in [4.69, 9.17) is 14.2 Å². The molecule has 0 aromatic heterocycles. The highest BCUT2D eigenvalue weighted by atomic mass is 35.5. The van der Waals surface area contributed by atoms with Crippen LogP contribution in [0.4, 0.5) is 0 Å². The van der Waals surface area contributed by atoms with Crippen LogP contribution < -0.4 is 20.1 Å². The smallest absolute Gasteiger partial charge is 0.307 e. The quantitative estimate of drug-likeness (QED) is 0.588. The normalized spacial score (nSPS) is 16.1. The molecule has 1 amide bonds. The summed E-state index contributed by atoms with van der Waals surface area (Å²) < 4.78 is 15.4. The SMILES string of the molecule is COC(=O)CC(NC(=O)CC(C)C1CCNCC1)c1ccc(OC)c(OC)c1.Cl. The van der Waals surface area contributed by atoms with Crippen molar-refractivity contribution >= 4 is 24.3 Å². The fourth-order valence-electron chi connectivity index (χ4n) is 3.70. The van der Waals surface area contributed by atoms with E-state index in [9.17, 15) is 9.59 Å². The Kier molecular flexibility index (Phi) is 10.8. The summed E-state index contributed by atoms with van der Waals surface area (Å²) in [7, 11) is 4.46. The Morgan fingerprint density at radius 1 is 1.10 bits per heavy atom. The molecule has 8 heteroatoms. The second-order valence-electron chi connectivity index (χ2n) is 7.28. The third-order valence-electron chi connectivity index (χ3n) is 5.44. The first-order valence-corrected chi connectivity index (χ1v) is 9.77. The minimum absolute atomic E-state index is 0. The average Bonchev–Trinajstić information content (AvgIpc) is 2.73. The van der Waals surface area contributed by atoms with Crippen LogP contribution in [-0.2, 0) is 14.3 Å². The summed E-state index contributed by atoms with van der Waals surface area (Å²) >= 11 is 0. The van der Waals surface area contributed by atoms with Gasteiger partial charge in [0.1, 0.15) is 0 Å². The van der Waals surface area contributed by atoms with Crippen LogP contribution in [0.25, 0.3) is 0 Å². The average molecular weight is 429 g/mol. The number of benzene rings is 1. The summed E-state index contributed by atoms with van der Waals surface area (Å²) in [6.07, 6.45) is 2.68. The Morgan fingerprint density at radius 2 is 1.76 bits per heavy atom. The molecule has 29 heavy (non-hydrogen) atoms. The molecule has 1 saturated heterocycles. The zero-order chi connectivity index (χ0) is 20.5. The lowest BCUT2D eigenvalue weighted by Gasteiger charge is -2.28. The molecule has 0 saturated carbocycles. The van der Waals surface area contributed by atoms with Crippen molar-refractivity contribution in [3.63, 3.8) is 0 Å². The number of carbonyl (C=O) groups excluding carboxylic acids is 2. The van der Waals surface area contributed by atoms with Gasteiger partial charge in [-0.15, -0.1) is 12.4 Å². The summed E-state index contributed by atoms with van der Waals surface area (Å²) in [5.41, 5.74) is 0.769. The molecule has 1 aromatic carbocycles. The van der Waals surface area contributed by atoms with Gasteiger partial charge in [0.05, 0.1) is 33.8 Å². The van der Waals surface area contributed by atoms with Gasteiger partial charge in [0, 0.05) is 6.42 Å². The molecule has 0 spiro atoms. The first-order valence-electron chi connectivity index (χ1n) is 9.77. The van der Waals surface area contributed by atoms with E-state index < -0.39 is 6.04 Å². The maximum atomic E-state index is 12.7. The van der Waals surface area contributed by atoms with Crippen molar-refractivity contribution in [2.24, 2.45) is 11.8 Å². The van der Waals surface area contributed by atoms with Crippen LogP contribution >= 0.6 is 12.4 Å². The molecule has 1 fully saturated rings. The van der Waals surface area contributed by atoms with Crippen molar-refractivity contribution < 1.29 is 23.8 Å². The molecule has 0 aliphatic carbocycles.